The van der Waals surface area contributed by atoms with E-state index in [0.29, 0.717) is 30.9 Å². The second-order valence-electron chi connectivity index (χ2n) is 6.20. The van der Waals surface area contributed by atoms with Gasteiger partial charge < -0.3 is 10.2 Å². The van der Waals surface area contributed by atoms with Gasteiger partial charge in [0.15, 0.2) is 0 Å². The molecular formula is C18H20N4O3. The maximum absolute atomic E-state index is 12.9. The summed E-state index contributed by atoms with van der Waals surface area (Å²) >= 11 is 0. The summed E-state index contributed by atoms with van der Waals surface area (Å²) in [5, 5.41) is 14.4. The van der Waals surface area contributed by atoms with Crippen LogP contribution in [0.1, 0.15) is 33.2 Å². The number of aryl methyl sites for hydroxylation is 2. The van der Waals surface area contributed by atoms with Crippen molar-refractivity contribution in [2.45, 2.75) is 19.9 Å². The molecule has 0 radical (unpaired) electrons. The van der Waals surface area contributed by atoms with Crippen molar-refractivity contribution in [3.63, 3.8) is 0 Å². The average Bonchev–Trinajstić information content (AvgIpc) is 2.62. The first-order valence-electron chi connectivity index (χ1n) is 8.16. The van der Waals surface area contributed by atoms with E-state index in [1.165, 1.54) is 17.8 Å². The number of carbonyl (C=O) groups is 1. The number of nitrogens with one attached hydrogen (secondary N) is 1. The predicted octanol–water partition coefficient (Wildman–Crippen LogP) is 2.39. The molecule has 1 fully saturated rings. The number of nitrogens with zero attached hydrogens (tertiary/aromatic N) is 3. The molecule has 0 saturated carbocycles. The van der Waals surface area contributed by atoms with Crippen LogP contribution in [0.4, 0.5) is 5.69 Å². The normalized spacial score (nSPS) is 17.4. The number of aromatic nitrogens is 1. The van der Waals surface area contributed by atoms with Crippen LogP contribution in [-0.2, 0) is 0 Å². The molecule has 1 aromatic carbocycles. The van der Waals surface area contributed by atoms with E-state index in [0.717, 1.165) is 5.56 Å². The molecule has 1 saturated heterocycles. The van der Waals surface area contributed by atoms with E-state index in [9.17, 15) is 14.9 Å². The molecular weight excluding hydrogens is 320 g/mol. The number of carbonyl (C=O) groups excluding carboxylic acids is 1. The van der Waals surface area contributed by atoms with Gasteiger partial charge in [0.1, 0.15) is 6.20 Å². The van der Waals surface area contributed by atoms with Gasteiger partial charge in [0.25, 0.3) is 11.6 Å². The van der Waals surface area contributed by atoms with Gasteiger partial charge in [-0.2, -0.15) is 0 Å². The Kier molecular flexibility index (Phi) is 4.76. The first-order valence-corrected chi connectivity index (χ1v) is 8.16. The molecule has 3 rings (SSSR count). The van der Waals surface area contributed by atoms with Crippen LogP contribution in [-0.4, -0.2) is 40.3 Å². The minimum absolute atomic E-state index is 0.0471. The fourth-order valence-corrected chi connectivity index (χ4v) is 3.13. The molecule has 1 N–H and O–H groups in total. The minimum atomic E-state index is -0.531. The lowest BCUT2D eigenvalue weighted by Gasteiger charge is -2.34. The van der Waals surface area contributed by atoms with Crippen LogP contribution in [0.3, 0.4) is 0 Å². The number of rotatable bonds is 3. The molecule has 2 heterocycles. The fraction of sp³-hybridized carbons (Fsp3) is 0.333. The SMILES string of the molecule is Cc1ccccc1C1CN(C(=O)c2cc([N+](=O)[O-])cnc2C)CCN1. The van der Waals surface area contributed by atoms with E-state index in [1.54, 1.807) is 11.8 Å². The summed E-state index contributed by atoms with van der Waals surface area (Å²) in [7, 11) is 0. The third-order valence-corrected chi connectivity index (χ3v) is 4.54. The quantitative estimate of drug-likeness (QED) is 0.684. The summed E-state index contributed by atoms with van der Waals surface area (Å²) in [6.07, 6.45) is 1.18. The predicted molar refractivity (Wildman–Crippen MR) is 93.5 cm³/mol. The third-order valence-electron chi connectivity index (χ3n) is 4.54. The first kappa shape index (κ1) is 17.0. The maximum atomic E-state index is 12.9. The summed E-state index contributed by atoms with van der Waals surface area (Å²) in [5.74, 6) is -0.214. The van der Waals surface area contributed by atoms with Gasteiger partial charge in [-0.3, -0.25) is 19.9 Å². The number of hydrogen-bond acceptors (Lipinski definition) is 5. The van der Waals surface area contributed by atoms with Gasteiger partial charge in [-0.05, 0) is 25.0 Å². The van der Waals surface area contributed by atoms with Crippen molar-refractivity contribution < 1.29 is 9.72 Å². The van der Waals surface area contributed by atoms with Crippen molar-refractivity contribution in [1.29, 1.82) is 0 Å². The zero-order valence-electron chi connectivity index (χ0n) is 14.2. The summed E-state index contributed by atoms with van der Waals surface area (Å²) in [6, 6.07) is 9.44. The van der Waals surface area contributed by atoms with Crippen molar-refractivity contribution in [3.8, 4) is 0 Å². The van der Waals surface area contributed by atoms with Gasteiger partial charge in [-0.1, -0.05) is 24.3 Å². The molecule has 0 aliphatic carbocycles. The monoisotopic (exact) mass is 340 g/mol. The highest BCUT2D eigenvalue weighted by atomic mass is 16.6. The van der Waals surface area contributed by atoms with Gasteiger partial charge in [0.05, 0.1) is 22.2 Å². The van der Waals surface area contributed by atoms with E-state index in [-0.39, 0.29) is 17.6 Å². The average molecular weight is 340 g/mol. The Bertz CT molecular complexity index is 822. The molecule has 25 heavy (non-hydrogen) atoms. The van der Waals surface area contributed by atoms with Crippen molar-refractivity contribution in [2.24, 2.45) is 0 Å². The van der Waals surface area contributed by atoms with Crippen LogP contribution in [0.25, 0.3) is 0 Å². The number of piperazine rings is 1. The van der Waals surface area contributed by atoms with Gasteiger partial charge >= 0.3 is 0 Å². The van der Waals surface area contributed by atoms with Gasteiger partial charge in [-0.15, -0.1) is 0 Å². The molecule has 7 heteroatoms. The summed E-state index contributed by atoms with van der Waals surface area (Å²) in [6.45, 7) is 5.49. The van der Waals surface area contributed by atoms with E-state index in [2.05, 4.69) is 16.4 Å². The fourth-order valence-electron chi connectivity index (χ4n) is 3.13. The Morgan fingerprint density at radius 2 is 2.12 bits per heavy atom. The highest BCUT2D eigenvalue weighted by Crippen LogP contribution is 2.23. The highest BCUT2D eigenvalue weighted by Gasteiger charge is 2.27. The minimum Gasteiger partial charge on any atom is -0.335 e. The number of pyridine rings is 1. The highest BCUT2D eigenvalue weighted by molar-refractivity contribution is 5.95. The van der Waals surface area contributed by atoms with Crippen LogP contribution in [0.15, 0.2) is 36.5 Å². The molecule has 1 aromatic heterocycles. The molecule has 0 spiro atoms. The van der Waals surface area contributed by atoms with E-state index in [1.807, 2.05) is 25.1 Å². The van der Waals surface area contributed by atoms with Crippen molar-refractivity contribution >= 4 is 11.6 Å². The van der Waals surface area contributed by atoms with Crippen LogP contribution >= 0.6 is 0 Å². The van der Waals surface area contributed by atoms with Gasteiger partial charge in [-0.25, -0.2) is 0 Å². The Labute approximate surface area is 145 Å². The molecule has 1 aliphatic rings. The molecule has 1 atom stereocenters. The van der Waals surface area contributed by atoms with Crippen LogP contribution in [0, 0.1) is 24.0 Å². The Morgan fingerprint density at radius 3 is 2.84 bits per heavy atom. The van der Waals surface area contributed by atoms with Crippen molar-refractivity contribution in [2.75, 3.05) is 19.6 Å². The number of amides is 1. The van der Waals surface area contributed by atoms with Crippen molar-refractivity contribution in [1.82, 2.24) is 15.2 Å². The smallest absolute Gasteiger partial charge is 0.288 e. The lowest BCUT2D eigenvalue weighted by Crippen LogP contribution is -2.48. The van der Waals surface area contributed by atoms with Crippen LogP contribution in [0.2, 0.25) is 0 Å². The zero-order chi connectivity index (χ0) is 18.0. The molecule has 130 valence electrons. The number of benzene rings is 1. The molecule has 0 bridgehead atoms. The van der Waals surface area contributed by atoms with Gasteiger partial charge in [0, 0.05) is 25.7 Å². The third kappa shape index (κ3) is 3.51. The lowest BCUT2D eigenvalue weighted by atomic mass is 9.99. The second-order valence-corrected chi connectivity index (χ2v) is 6.20. The first-order chi connectivity index (χ1) is 12.0. The second kappa shape index (κ2) is 6.98. The number of nitro groups is 1. The molecule has 1 aliphatic heterocycles. The number of hydrogen-bond donors (Lipinski definition) is 1. The Morgan fingerprint density at radius 1 is 1.36 bits per heavy atom. The molecule has 7 nitrogen and oxygen atoms in total. The van der Waals surface area contributed by atoms with Gasteiger partial charge in [0.2, 0.25) is 0 Å². The molecule has 1 unspecified atom stereocenters. The summed E-state index contributed by atoms with van der Waals surface area (Å²) in [4.78, 5) is 29.1. The Balaban J connectivity index is 1.84. The van der Waals surface area contributed by atoms with E-state index >= 15 is 0 Å². The van der Waals surface area contributed by atoms with E-state index in [4.69, 9.17) is 0 Å². The Hall–Kier alpha value is -2.80. The lowest BCUT2D eigenvalue weighted by molar-refractivity contribution is -0.385. The van der Waals surface area contributed by atoms with E-state index < -0.39 is 4.92 Å². The molecule has 1 amide bonds. The maximum Gasteiger partial charge on any atom is 0.288 e. The molecule has 2 aromatic rings. The summed E-state index contributed by atoms with van der Waals surface area (Å²) in [5.41, 5.74) is 2.96. The largest absolute Gasteiger partial charge is 0.335 e. The topological polar surface area (TPSA) is 88.4 Å². The summed E-state index contributed by atoms with van der Waals surface area (Å²) < 4.78 is 0. The van der Waals surface area contributed by atoms with Crippen molar-refractivity contribution in [3.05, 3.63) is 69.0 Å². The van der Waals surface area contributed by atoms with Crippen LogP contribution < -0.4 is 5.32 Å². The standard InChI is InChI=1S/C18H20N4O3/c1-12-5-3-4-6-15(12)17-11-21(8-7-19-17)18(23)16-9-14(22(24)25)10-20-13(16)2/h3-6,9-10,17,19H,7-8,11H2,1-2H3. The zero-order valence-corrected chi connectivity index (χ0v) is 14.2. The van der Waals surface area contributed by atoms with Crippen LogP contribution in [0.5, 0.6) is 0 Å².